The fourth-order valence-electron chi connectivity index (χ4n) is 2.04. The molecule has 0 bridgehead atoms. The zero-order valence-electron chi connectivity index (χ0n) is 12.4. The third kappa shape index (κ3) is 3.58. The number of hydrogen-bond donors (Lipinski definition) is 1. The van der Waals surface area contributed by atoms with Crippen LogP contribution in [-0.4, -0.2) is 10.8 Å². The highest BCUT2D eigenvalue weighted by Crippen LogP contribution is 2.25. The Morgan fingerprint density at radius 3 is 2.45 bits per heavy atom. The third-order valence-corrected chi connectivity index (χ3v) is 3.29. The number of nitrogens with zero attached hydrogens (tertiary/aromatic N) is 1. The summed E-state index contributed by atoms with van der Waals surface area (Å²) < 4.78 is 0. The van der Waals surface area contributed by atoms with Crippen molar-refractivity contribution in [3.05, 3.63) is 75.3 Å². The number of amides is 1. The lowest BCUT2D eigenvalue weighted by molar-refractivity contribution is -0.385. The average molecular weight is 296 g/mol. The number of hydrogen-bond acceptors (Lipinski definition) is 3. The molecule has 0 aliphatic rings. The lowest BCUT2D eigenvalue weighted by Gasteiger charge is -2.09. The molecule has 0 heterocycles. The summed E-state index contributed by atoms with van der Waals surface area (Å²) in [5.41, 5.74) is 2.32. The first kappa shape index (κ1) is 15.4. The van der Waals surface area contributed by atoms with Gasteiger partial charge in [0.2, 0.25) is 0 Å². The van der Waals surface area contributed by atoms with Crippen molar-refractivity contribution >= 4 is 23.4 Å². The van der Waals surface area contributed by atoms with Crippen molar-refractivity contribution in [1.82, 2.24) is 0 Å². The lowest BCUT2D eigenvalue weighted by atomic mass is 10.1. The maximum absolute atomic E-state index is 12.2. The second kappa shape index (κ2) is 6.67. The number of carbonyl (C=O) groups is 1. The maximum Gasteiger partial charge on any atom is 0.274 e. The summed E-state index contributed by atoms with van der Waals surface area (Å²) in [5, 5.41) is 13.6. The molecule has 5 heteroatoms. The Morgan fingerprint density at radius 2 is 1.82 bits per heavy atom. The van der Waals surface area contributed by atoms with Gasteiger partial charge in [0, 0.05) is 11.6 Å². The second-order valence-corrected chi connectivity index (χ2v) is 4.90. The van der Waals surface area contributed by atoms with Crippen LogP contribution in [0, 0.1) is 17.0 Å². The van der Waals surface area contributed by atoms with E-state index in [1.807, 2.05) is 30.3 Å². The van der Waals surface area contributed by atoms with Crippen molar-refractivity contribution in [2.24, 2.45) is 0 Å². The number of benzene rings is 2. The van der Waals surface area contributed by atoms with Gasteiger partial charge in [0.1, 0.15) is 0 Å². The molecule has 1 amide bonds. The molecule has 112 valence electrons. The largest absolute Gasteiger partial charge is 0.322 e. The molecule has 2 aromatic carbocycles. The second-order valence-electron chi connectivity index (χ2n) is 4.90. The van der Waals surface area contributed by atoms with Gasteiger partial charge in [0.15, 0.2) is 0 Å². The van der Waals surface area contributed by atoms with Gasteiger partial charge in [-0.3, -0.25) is 14.9 Å². The van der Waals surface area contributed by atoms with Crippen LogP contribution in [0.15, 0.2) is 54.1 Å². The number of rotatable bonds is 4. The summed E-state index contributed by atoms with van der Waals surface area (Å²) in [6.45, 7) is 3.32. The summed E-state index contributed by atoms with van der Waals surface area (Å²) in [7, 11) is 0. The molecule has 0 fully saturated rings. The van der Waals surface area contributed by atoms with Crippen molar-refractivity contribution in [3.63, 3.8) is 0 Å². The standard InChI is InChI=1S/C17H16N2O3/c1-12(11-14-7-4-3-5-8-14)17(20)18-15-9-6-10-16(13(15)2)19(21)22/h3-11H,1-2H3,(H,18,20)/b12-11-. The van der Waals surface area contributed by atoms with Gasteiger partial charge < -0.3 is 5.32 Å². The Kier molecular flexibility index (Phi) is 4.68. The SMILES string of the molecule is C/C(=C/c1ccccc1)C(=O)Nc1cccc([N+](=O)[O-])c1C. The van der Waals surface area contributed by atoms with E-state index < -0.39 is 4.92 Å². The molecule has 0 aromatic heterocycles. The van der Waals surface area contributed by atoms with Crippen molar-refractivity contribution in [3.8, 4) is 0 Å². The fourth-order valence-corrected chi connectivity index (χ4v) is 2.04. The number of nitro benzene ring substituents is 1. The Labute approximate surface area is 128 Å². The first-order valence-corrected chi connectivity index (χ1v) is 6.77. The van der Waals surface area contributed by atoms with Crippen LogP contribution < -0.4 is 5.32 Å². The average Bonchev–Trinajstić information content (AvgIpc) is 2.50. The van der Waals surface area contributed by atoms with Crippen LogP contribution in [0.5, 0.6) is 0 Å². The molecular formula is C17H16N2O3. The molecular weight excluding hydrogens is 280 g/mol. The van der Waals surface area contributed by atoms with E-state index in [0.717, 1.165) is 5.56 Å². The molecule has 22 heavy (non-hydrogen) atoms. The lowest BCUT2D eigenvalue weighted by Crippen LogP contribution is -2.13. The van der Waals surface area contributed by atoms with Crippen molar-refractivity contribution in [1.29, 1.82) is 0 Å². The van der Waals surface area contributed by atoms with Crippen LogP contribution >= 0.6 is 0 Å². The van der Waals surface area contributed by atoms with Gasteiger partial charge in [-0.15, -0.1) is 0 Å². The number of nitrogens with one attached hydrogen (secondary N) is 1. The normalized spacial score (nSPS) is 11.1. The Morgan fingerprint density at radius 1 is 1.14 bits per heavy atom. The van der Waals surface area contributed by atoms with Gasteiger partial charge in [0.25, 0.3) is 11.6 Å². The van der Waals surface area contributed by atoms with Crippen LogP contribution in [-0.2, 0) is 4.79 Å². The van der Waals surface area contributed by atoms with Gasteiger partial charge in [-0.25, -0.2) is 0 Å². The quantitative estimate of drug-likeness (QED) is 0.527. The van der Waals surface area contributed by atoms with E-state index in [4.69, 9.17) is 0 Å². The molecule has 1 N–H and O–H groups in total. The Bertz CT molecular complexity index is 737. The highest BCUT2D eigenvalue weighted by atomic mass is 16.6. The van der Waals surface area contributed by atoms with Gasteiger partial charge in [-0.05, 0) is 31.6 Å². The van der Waals surface area contributed by atoms with E-state index in [-0.39, 0.29) is 11.6 Å². The summed E-state index contributed by atoms with van der Waals surface area (Å²) in [6, 6.07) is 14.1. The zero-order chi connectivity index (χ0) is 16.1. The number of carbonyl (C=O) groups excluding carboxylic acids is 1. The molecule has 0 aliphatic carbocycles. The molecule has 5 nitrogen and oxygen atoms in total. The van der Waals surface area contributed by atoms with Crippen LogP contribution in [0.1, 0.15) is 18.1 Å². The summed E-state index contributed by atoms with van der Waals surface area (Å²) in [4.78, 5) is 22.7. The molecule has 0 atom stereocenters. The van der Waals surface area contributed by atoms with Gasteiger partial charge in [0.05, 0.1) is 16.2 Å². The van der Waals surface area contributed by atoms with Crippen molar-refractivity contribution in [2.75, 3.05) is 5.32 Å². The molecule has 0 unspecified atom stereocenters. The van der Waals surface area contributed by atoms with Crippen molar-refractivity contribution < 1.29 is 9.72 Å². The Balaban J connectivity index is 2.21. The van der Waals surface area contributed by atoms with Gasteiger partial charge >= 0.3 is 0 Å². The van der Waals surface area contributed by atoms with Crippen molar-refractivity contribution in [2.45, 2.75) is 13.8 Å². The van der Waals surface area contributed by atoms with E-state index in [9.17, 15) is 14.9 Å². The predicted molar refractivity (Wildman–Crippen MR) is 86.6 cm³/mol. The maximum atomic E-state index is 12.2. The van der Waals surface area contributed by atoms with E-state index in [2.05, 4.69) is 5.32 Å². The van der Waals surface area contributed by atoms with E-state index in [1.54, 1.807) is 32.1 Å². The molecule has 2 rings (SSSR count). The first-order valence-electron chi connectivity index (χ1n) is 6.77. The van der Waals surface area contributed by atoms with Crippen LogP contribution in [0.3, 0.4) is 0 Å². The fraction of sp³-hybridized carbons (Fsp3) is 0.118. The van der Waals surface area contributed by atoms with Gasteiger partial charge in [-0.1, -0.05) is 36.4 Å². The topological polar surface area (TPSA) is 72.2 Å². The summed E-state index contributed by atoms with van der Waals surface area (Å²) in [5.74, 6) is -0.285. The van der Waals surface area contributed by atoms with E-state index in [1.165, 1.54) is 6.07 Å². The molecule has 0 saturated heterocycles. The summed E-state index contributed by atoms with van der Waals surface area (Å²) >= 11 is 0. The minimum absolute atomic E-state index is 0.0116. The molecule has 0 saturated carbocycles. The Hall–Kier alpha value is -2.95. The molecule has 0 spiro atoms. The van der Waals surface area contributed by atoms with Crippen LogP contribution in [0.2, 0.25) is 0 Å². The monoisotopic (exact) mass is 296 g/mol. The smallest absolute Gasteiger partial charge is 0.274 e. The van der Waals surface area contributed by atoms with E-state index >= 15 is 0 Å². The van der Waals surface area contributed by atoms with Gasteiger partial charge in [-0.2, -0.15) is 0 Å². The molecule has 2 aromatic rings. The first-order chi connectivity index (χ1) is 10.5. The number of nitro groups is 1. The minimum Gasteiger partial charge on any atom is -0.322 e. The predicted octanol–water partition coefficient (Wildman–Crippen LogP) is 3.95. The number of anilines is 1. The summed E-state index contributed by atoms with van der Waals surface area (Å²) in [6.07, 6.45) is 1.77. The van der Waals surface area contributed by atoms with Crippen LogP contribution in [0.25, 0.3) is 6.08 Å². The van der Waals surface area contributed by atoms with Crippen LogP contribution in [0.4, 0.5) is 11.4 Å². The zero-order valence-corrected chi connectivity index (χ0v) is 12.4. The highest BCUT2D eigenvalue weighted by molar-refractivity contribution is 6.06. The third-order valence-electron chi connectivity index (χ3n) is 3.29. The minimum atomic E-state index is -0.461. The molecule has 0 radical (unpaired) electrons. The van der Waals surface area contributed by atoms with E-state index in [0.29, 0.717) is 16.8 Å². The highest BCUT2D eigenvalue weighted by Gasteiger charge is 2.15. The molecule has 0 aliphatic heterocycles.